The number of carbonyl (C=O) groups excluding carboxylic acids is 2. The van der Waals surface area contributed by atoms with E-state index in [4.69, 9.17) is 9.47 Å². The van der Waals surface area contributed by atoms with Crippen LogP contribution < -0.4 is 9.47 Å². The number of hydrogen-bond acceptors (Lipinski definition) is 6. The third-order valence-electron chi connectivity index (χ3n) is 5.44. The van der Waals surface area contributed by atoms with E-state index in [2.05, 4.69) is 4.98 Å². The van der Waals surface area contributed by atoms with Gasteiger partial charge in [0.25, 0.3) is 11.7 Å². The first-order chi connectivity index (χ1) is 16.0. The number of Topliss-reactive ketones (excluding diaryl/α,β-unsaturated/α-hetero) is 1. The SMILES string of the molecule is COc1cccc(OC)c1/C(O)=C1\C(=O)C(=O)N(Cc2ccc(F)cc2)C1c1ccccn1. The van der Waals surface area contributed by atoms with E-state index in [1.54, 1.807) is 36.4 Å². The van der Waals surface area contributed by atoms with Crippen LogP contribution in [-0.2, 0) is 16.1 Å². The number of nitrogens with zero attached hydrogens (tertiary/aromatic N) is 2. The molecule has 33 heavy (non-hydrogen) atoms. The van der Waals surface area contributed by atoms with Crippen LogP contribution >= 0.6 is 0 Å². The zero-order valence-electron chi connectivity index (χ0n) is 18.0. The molecule has 2 heterocycles. The van der Waals surface area contributed by atoms with Crippen molar-refractivity contribution in [3.05, 3.63) is 95.1 Å². The zero-order chi connectivity index (χ0) is 23.5. The van der Waals surface area contributed by atoms with Gasteiger partial charge in [0.1, 0.15) is 34.7 Å². The lowest BCUT2D eigenvalue weighted by Gasteiger charge is -2.25. The topological polar surface area (TPSA) is 89.0 Å². The molecule has 3 aromatic rings. The van der Waals surface area contributed by atoms with Gasteiger partial charge in [0, 0.05) is 12.7 Å². The van der Waals surface area contributed by atoms with Crippen LogP contribution in [0.15, 0.2) is 72.4 Å². The second-order valence-electron chi connectivity index (χ2n) is 7.35. The molecule has 7 nitrogen and oxygen atoms in total. The molecule has 1 fully saturated rings. The quantitative estimate of drug-likeness (QED) is 0.350. The molecule has 1 unspecified atom stereocenters. The summed E-state index contributed by atoms with van der Waals surface area (Å²) in [5.41, 5.74) is 1.04. The molecule has 0 saturated carbocycles. The van der Waals surface area contributed by atoms with Crippen molar-refractivity contribution in [1.82, 2.24) is 9.88 Å². The molecule has 1 aromatic heterocycles. The maximum absolute atomic E-state index is 13.4. The highest BCUT2D eigenvalue weighted by Gasteiger charge is 2.47. The number of amides is 1. The monoisotopic (exact) mass is 448 g/mol. The first-order valence-corrected chi connectivity index (χ1v) is 10.1. The van der Waals surface area contributed by atoms with Crippen molar-refractivity contribution in [3.63, 3.8) is 0 Å². The molecule has 168 valence electrons. The molecular formula is C25H21FN2O5. The van der Waals surface area contributed by atoms with Gasteiger partial charge in [-0.2, -0.15) is 0 Å². The summed E-state index contributed by atoms with van der Waals surface area (Å²) in [6, 6.07) is 14.7. The summed E-state index contributed by atoms with van der Waals surface area (Å²) in [5, 5.41) is 11.3. The van der Waals surface area contributed by atoms with Crippen molar-refractivity contribution < 1.29 is 28.6 Å². The number of pyridine rings is 1. The number of aliphatic hydroxyl groups excluding tert-OH is 1. The number of likely N-dealkylation sites (tertiary alicyclic amines) is 1. The standard InChI is InChI=1S/C25H21FN2O5/c1-32-18-7-5-8-19(33-2)20(18)23(29)21-22(17-6-3-4-13-27-17)28(25(31)24(21)30)14-15-9-11-16(26)12-10-15/h3-13,22,29H,14H2,1-2H3/b23-21+. The lowest BCUT2D eigenvalue weighted by molar-refractivity contribution is -0.140. The smallest absolute Gasteiger partial charge is 0.296 e. The first kappa shape index (κ1) is 22.0. The van der Waals surface area contributed by atoms with Crippen LogP contribution in [-0.4, -0.2) is 40.9 Å². The highest BCUT2D eigenvalue weighted by molar-refractivity contribution is 6.46. The third kappa shape index (κ3) is 4.03. The molecule has 0 aliphatic carbocycles. The molecule has 0 radical (unpaired) electrons. The number of aromatic nitrogens is 1. The molecule has 1 atom stereocenters. The molecule has 4 rings (SSSR count). The van der Waals surface area contributed by atoms with Gasteiger partial charge in [-0.15, -0.1) is 0 Å². The Kier molecular flexibility index (Phi) is 6.08. The van der Waals surface area contributed by atoms with E-state index in [1.807, 2.05) is 0 Å². The zero-order valence-corrected chi connectivity index (χ0v) is 18.0. The van der Waals surface area contributed by atoms with E-state index in [0.717, 1.165) is 0 Å². The first-order valence-electron chi connectivity index (χ1n) is 10.1. The van der Waals surface area contributed by atoms with Crippen molar-refractivity contribution in [2.24, 2.45) is 0 Å². The number of carbonyl (C=O) groups is 2. The molecule has 0 spiro atoms. The lowest BCUT2D eigenvalue weighted by atomic mass is 9.97. The molecule has 1 amide bonds. The molecule has 2 aromatic carbocycles. The molecule has 1 N–H and O–H groups in total. The van der Waals surface area contributed by atoms with Gasteiger partial charge in [0.15, 0.2) is 0 Å². The predicted octanol–water partition coefficient (Wildman–Crippen LogP) is 3.86. The van der Waals surface area contributed by atoms with Gasteiger partial charge in [0.2, 0.25) is 0 Å². The maximum Gasteiger partial charge on any atom is 0.296 e. The summed E-state index contributed by atoms with van der Waals surface area (Å²) in [5.74, 6) is -1.96. The largest absolute Gasteiger partial charge is 0.506 e. The van der Waals surface area contributed by atoms with Crippen molar-refractivity contribution in [2.45, 2.75) is 12.6 Å². The average Bonchev–Trinajstić information content (AvgIpc) is 3.09. The summed E-state index contributed by atoms with van der Waals surface area (Å²) in [7, 11) is 2.85. The molecule has 8 heteroatoms. The van der Waals surface area contributed by atoms with Crippen LogP contribution in [0, 0.1) is 5.82 Å². The van der Waals surface area contributed by atoms with E-state index in [9.17, 15) is 19.1 Å². The molecular weight excluding hydrogens is 427 g/mol. The summed E-state index contributed by atoms with van der Waals surface area (Å²) >= 11 is 0. The number of aliphatic hydroxyl groups is 1. The van der Waals surface area contributed by atoms with Gasteiger partial charge >= 0.3 is 0 Å². The maximum atomic E-state index is 13.4. The number of rotatable bonds is 6. The molecule has 1 aliphatic rings. The van der Waals surface area contributed by atoms with Gasteiger partial charge in [-0.05, 0) is 42.0 Å². The van der Waals surface area contributed by atoms with Crippen LogP contribution in [0.2, 0.25) is 0 Å². The van der Waals surface area contributed by atoms with Crippen LogP contribution in [0.25, 0.3) is 5.76 Å². The summed E-state index contributed by atoms with van der Waals surface area (Å²) in [6.45, 7) is 0.0198. The number of halogens is 1. The Labute approximate surface area is 189 Å². The van der Waals surface area contributed by atoms with E-state index in [1.165, 1.54) is 49.6 Å². The Hall–Kier alpha value is -4.20. The normalized spacial score (nSPS) is 17.3. The fourth-order valence-corrected chi connectivity index (χ4v) is 3.89. The predicted molar refractivity (Wildman–Crippen MR) is 118 cm³/mol. The van der Waals surface area contributed by atoms with Crippen molar-refractivity contribution in [1.29, 1.82) is 0 Å². The van der Waals surface area contributed by atoms with Crippen molar-refractivity contribution in [2.75, 3.05) is 14.2 Å². The second-order valence-corrected chi connectivity index (χ2v) is 7.35. The second kappa shape index (κ2) is 9.12. The van der Waals surface area contributed by atoms with Gasteiger partial charge in [-0.25, -0.2) is 4.39 Å². The van der Waals surface area contributed by atoms with Crippen LogP contribution in [0.5, 0.6) is 11.5 Å². The Balaban J connectivity index is 1.91. The Morgan fingerprint density at radius 2 is 1.67 bits per heavy atom. The molecule has 0 bridgehead atoms. The number of benzene rings is 2. The molecule has 1 saturated heterocycles. The van der Waals surface area contributed by atoms with Crippen molar-refractivity contribution in [3.8, 4) is 11.5 Å². The van der Waals surface area contributed by atoms with Crippen LogP contribution in [0.1, 0.15) is 22.9 Å². The minimum atomic E-state index is -0.967. The highest BCUT2D eigenvalue weighted by atomic mass is 19.1. The summed E-state index contributed by atoms with van der Waals surface area (Å²) in [4.78, 5) is 31.9. The van der Waals surface area contributed by atoms with Gasteiger partial charge in [0.05, 0.1) is 25.5 Å². The minimum Gasteiger partial charge on any atom is -0.506 e. The average molecular weight is 448 g/mol. The minimum absolute atomic E-state index is 0.0198. The Bertz CT molecular complexity index is 1200. The lowest BCUT2D eigenvalue weighted by Crippen LogP contribution is -2.29. The van der Waals surface area contributed by atoms with Crippen LogP contribution in [0.4, 0.5) is 4.39 Å². The third-order valence-corrected chi connectivity index (χ3v) is 5.44. The Morgan fingerprint density at radius 3 is 2.24 bits per heavy atom. The molecule has 1 aliphatic heterocycles. The van der Waals surface area contributed by atoms with Crippen LogP contribution in [0.3, 0.4) is 0 Å². The van der Waals surface area contributed by atoms with E-state index < -0.39 is 29.3 Å². The number of methoxy groups -OCH3 is 2. The number of ketones is 1. The van der Waals surface area contributed by atoms with Gasteiger partial charge in [-0.3, -0.25) is 14.6 Å². The number of ether oxygens (including phenoxy) is 2. The Morgan fingerprint density at radius 1 is 1.00 bits per heavy atom. The van der Waals surface area contributed by atoms with E-state index in [0.29, 0.717) is 11.3 Å². The summed E-state index contributed by atoms with van der Waals surface area (Å²) in [6.07, 6.45) is 1.54. The fraction of sp³-hybridized carbons (Fsp3) is 0.160. The number of hydrogen-bond donors (Lipinski definition) is 1. The summed E-state index contributed by atoms with van der Waals surface area (Å²) < 4.78 is 24.1. The highest BCUT2D eigenvalue weighted by Crippen LogP contribution is 2.43. The van der Waals surface area contributed by atoms with E-state index >= 15 is 0 Å². The van der Waals surface area contributed by atoms with Gasteiger partial charge < -0.3 is 19.5 Å². The fourth-order valence-electron chi connectivity index (χ4n) is 3.89. The van der Waals surface area contributed by atoms with E-state index in [-0.39, 0.29) is 29.2 Å². The van der Waals surface area contributed by atoms with Gasteiger partial charge in [-0.1, -0.05) is 24.3 Å². The van der Waals surface area contributed by atoms with Crippen molar-refractivity contribution >= 4 is 17.4 Å².